The number of imide groups is 1. The highest BCUT2D eigenvalue weighted by Gasteiger charge is 2.49. The number of hydrogen-bond acceptors (Lipinski definition) is 4. The Morgan fingerprint density at radius 2 is 1.50 bits per heavy atom. The van der Waals surface area contributed by atoms with Gasteiger partial charge < -0.3 is 0 Å². The standard InChI is InChI=1S/C22H21Cl3N2O4S/c23-14-6-9-16(10-7-14)26-21(28)13-19(22(26)29)27(17-4-2-1-3-5-17)32(30,31)20-12-15(24)8-11-18(20)25/h6-12,17,19H,1-5,13H2. The molecule has 2 aromatic rings. The molecule has 0 radical (unpaired) electrons. The number of benzene rings is 2. The lowest BCUT2D eigenvalue weighted by atomic mass is 9.94. The van der Waals surface area contributed by atoms with Gasteiger partial charge in [0, 0.05) is 16.1 Å². The van der Waals surface area contributed by atoms with Crippen LogP contribution in [0.15, 0.2) is 47.4 Å². The van der Waals surface area contributed by atoms with Crippen LogP contribution in [-0.2, 0) is 19.6 Å². The first-order valence-corrected chi connectivity index (χ1v) is 12.9. The van der Waals surface area contributed by atoms with Crippen LogP contribution < -0.4 is 4.90 Å². The van der Waals surface area contributed by atoms with Gasteiger partial charge in [0.2, 0.25) is 15.9 Å². The Bertz CT molecular complexity index is 1150. The lowest BCUT2D eigenvalue weighted by molar-refractivity contribution is -0.122. The van der Waals surface area contributed by atoms with Crippen LogP contribution in [-0.4, -0.2) is 36.6 Å². The summed E-state index contributed by atoms with van der Waals surface area (Å²) in [4.78, 5) is 27.1. The average molecular weight is 516 g/mol. The summed E-state index contributed by atoms with van der Waals surface area (Å²) in [5.74, 6) is -1.04. The van der Waals surface area contributed by atoms with Gasteiger partial charge in [-0.05, 0) is 55.3 Å². The van der Waals surface area contributed by atoms with Gasteiger partial charge in [-0.15, -0.1) is 0 Å². The molecule has 1 aliphatic heterocycles. The lowest BCUT2D eigenvalue weighted by Crippen LogP contribution is -2.51. The summed E-state index contributed by atoms with van der Waals surface area (Å²) in [6.45, 7) is 0. The van der Waals surface area contributed by atoms with E-state index in [1.165, 1.54) is 22.5 Å². The first kappa shape index (κ1) is 23.5. The normalized spacial score (nSPS) is 20.4. The van der Waals surface area contributed by atoms with E-state index in [1.54, 1.807) is 24.3 Å². The van der Waals surface area contributed by atoms with Gasteiger partial charge >= 0.3 is 0 Å². The number of anilines is 1. The Morgan fingerprint density at radius 1 is 0.875 bits per heavy atom. The minimum Gasteiger partial charge on any atom is -0.274 e. The maximum atomic E-state index is 13.8. The highest BCUT2D eigenvalue weighted by Crippen LogP contribution is 2.37. The van der Waals surface area contributed by atoms with Crippen molar-refractivity contribution in [2.45, 2.75) is 55.5 Å². The lowest BCUT2D eigenvalue weighted by Gasteiger charge is -2.36. The molecule has 0 aromatic heterocycles. The Balaban J connectivity index is 1.77. The third-order valence-corrected chi connectivity index (χ3v) is 8.83. The Labute approximate surface area is 202 Å². The van der Waals surface area contributed by atoms with Gasteiger partial charge in [-0.25, -0.2) is 13.3 Å². The second-order valence-electron chi connectivity index (χ2n) is 7.97. The van der Waals surface area contributed by atoms with Crippen molar-refractivity contribution >= 4 is 62.3 Å². The van der Waals surface area contributed by atoms with Crippen LogP contribution in [0, 0.1) is 0 Å². The number of halogens is 3. The summed E-state index contributed by atoms with van der Waals surface area (Å²) in [7, 11) is -4.21. The van der Waals surface area contributed by atoms with Crippen LogP contribution >= 0.6 is 34.8 Å². The second-order valence-corrected chi connectivity index (χ2v) is 11.1. The van der Waals surface area contributed by atoms with Crippen molar-refractivity contribution in [2.24, 2.45) is 0 Å². The van der Waals surface area contributed by atoms with Gasteiger partial charge in [0.25, 0.3) is 5.91 Å². The van der Waals surface area contributed by atoms with E-state index < -0.39 is 33.9 Å². The van der Waals surface area contributed by atoms with Crippen molar-refractivity contribution in [3.63, 3.8) is 0 Å². The van der Waals surface area contributed by atoms with Crippen LogP contribution in [0.5, 0.6) is 0 Å². The minimum absolute atomic E-state index is 0.0153. The van der Waals surface area contributed by atoms with Crippen molar-refractivity contribution in [1.82, 2.24) is 4.31 Å². The molecule has 1 saturated carbocycles. The molecule has 0 N–H and O–H groups in total. The molecule has 1 heterocycles. The molecular weight excluding hydrogens is 495 g/mol. The fourth-order valence-corrected chi connectivity index (χ4v) is 7.11. The number of amides is 2. The summed E-state index contributed by atoms with van der Waals surface area (Å²) < 4.78 is 28.8. The second kappa shape index (κ2) is 9.31. The predicted molar refractivity (Wildman–Crippen MR) is 125 cm³/mol. The zero-order valence-electron chi connectivity index (χ0n) is 17.0. The topological polar surface area (TPSA) is 74.8 Å². The van der Waals surface area contributed by atoms with Gasteiger partial charge in [0.15, 0.2) is 0 Å². The molecule has 2 aromatic carbocycles. The monoisotopic (exact) mass is 514 g/mol. The molecule has 2 aliphatic rings. The maximum Gasteiger partial charge on any atom is 0.252 e. The molecule has 0 bridgehead atoms. The van der Waals surface area contributed by atoms with Gasteiger partial charge in [0.1, 0.15) is 10.9 Å². The van der Waals surface area contributed by atoms with Gasteiger partial charge in [-0.2, -0.15) is 4.31 Å². The quantitative estimate of drug-likeness (QED) is 0.506. The van der Waals surface area contributed by atoms with Crippen molar-refractivity contribution in [1.29, 1.82) is 0 Å². The van der Waals surface area contributed by atoms with Crippen molar-refractivity contribution < 1.29 is 18.0 Å². The van der Waals surface area contributed by atoms with E-state index in [0.717, 1.165) is 24.2 Å². The van der Waals surface area contributed by atoms with Crippen molar-refractivity contribution in [2.75, 3.05) is 4.90 Å². The van der Waals surface area contributed by atoms with Crippen molar-refractivity contribution in [3.05, 3.63) is 57.5 Å². The molecule has 2 fully saturated rings. The van der Waals surface area contributed by atoms with E-state index in [2.05, 4.69) is 0 Å². The average Bonchev–Trinajstić information content (AvgIpc) is 3.05. The fraction of sp³-hybridized carbons (Fsp3) is 0.364. The third-order valence-electron chi connectivity index (χ3n) is 5.90. The molecule has 32 heavy (non-hydrogen) atoms. The molecule has 1 atom stereocenters. The van der Waals surface area contributed by atoms with Gasteiger partial charge in [-0.3, -0.25) is 9.59 Å². The molecular formula is C22H21Cl3N2O4S. The molecule has 1 saturated heterocycles. The number of carbonyl (C=O) groups is 2. The van der Waals surface area contributed by atoms with Crippen LogP contribution in [0.1, 0.15) is 38.5 Å². The molecule has 4 rings (SSSR count). The number of hydrogen-bond donors (Lipinski definition) is 0. The molecule has 10 heteroatoms. The first-order chi connectivity index (χ1) is 15.2. The van der Waals surface area contributed by atoms with Crippen LogP contribution in [0.4, 0.5) is 5.69 Å². The molecule has 1 aliphatic carbocycles. The Hall–Kier alpha value is -1.64. The largest absolute Gasteiger partial charge is 0.274 e. The van der Waals surface area contributed by atoms with Crippen LogP contribution in [0.3, 0.4) is 0 Å². The number of sulfonamides is 1. The molecule has 2 amide bonds. The molecule has 6 nitrogen and oxygen atoms in total. The summed E-state index contributed by atoms with van der Waals surface area (Å²) in [5, 5.41) is 0.695. The van der Waals surface area contributed by atoms with Crippen LogP contribution in [0.25, 0.3) is 0 Å². The molecule has 1 unspecified atom stereocenters. The number of nitrogens with zero attached hydrogens (tertiary/aromatic N) is 2. The smallest absolute Gasteiger partial charge is 0.252 e. The van der Waals surface area contributed by atoms with E-state index in [4.69, 9.17) is 34.8 Å². The highest BCUT2D eigenvalue weighted by molar-refractivity contribution is 7.89. The van der Waals surface area contributed by atoms with E-state index in [-0.39, 0.29) is 21.4 Å². The fourth-order valence-electron chi connectivity index (χ4n) is 4.42. The summed E-state index contributed by atoms with van der Waals surface area (Å²) in [6, 6.07) is 8.92. The molecule has 170 valence electrons. The van der Waals surface area contributed by atoms with E-state index in [0.29, 0.717) is 23.6 Å². The van der Waals surface area contributed by atoms with Gasteiger partial charge in [0.05, 0.1) is 17.1 Å². The summed E-state index contributed by atoms with van der Waals surface area (Å²) in [5.41, 5.74) is 0.355. The number of carbonyl (C=O) groups excluding carboxylic acids is 2. The third kappa shape index (κ3) is 4.41. The SMILES string of the molecule is O=C1CC(N(C2CCCCC2)S(=O)(=O)c2cc(Cl)ccc2Cl)C(=O)N1c1ccc(Cl)cc1. The highest BCUT2D eigenvalue weighted by atomic mass is 35.5. The van der Waals surface area contributed by atoms with E-state index in [9.17, 15) is 18.0 Å². The predicted octanol–water partition coefficient (Wildman–Crippen LogP) is 5.30. The summed E-state index contributed by atoms with van der Waals surface area (Å²) in [6.07, 6.45) is 3.66. The minimum atomic E-state index is -4.21. The van der Waals surface area contributed by atoms with E-state index >= 15 is 0 Å². The summed E-state index contributed by atoms with van der Waals surface area (Å²) >= 11 is 18.2. The van der Waals surface area contributed by atoms with Crippen molar-refractivity contribution in [3.8, 4) is 0 Å². The Kier molecular flexibility index (Phi) is 6.84. The number of rotatable bonds is 5. The van der Waals surface area contributed by atoms with E-state index in [1.807, 2.05) is 0 Å². The molecule has 0 spiro atoms. The van der Waals surface area contributed by atoms with Crippen LogP contribution in [0.2, 0.25) is 15.1 Å². The van der Waals surface area contributed by atoms with Gasteiger partial charge in [-0.1, -0.05) is 54.1 Å². The Morgan fingerprint density at radius 3 is 2.16 bits per heavy atom. The first-order valence-electron chi connectivity index (χ1n) is 10.3. The zero-order valence-corrected chi connectivity index (χ0v) is 20.1. The zero-order chi connectivity index (χ0) is 23.0. The maximum absolute atomic E-state index is 13.8.